The molecule has 1 aliphatic rings. The molecule has 1 fully saturated rings. The summed E-state index contributed by atoms with van der Waals surface area (Å²) in [5, 5.41) is 21.7. The van der Waals surface area contributed by atoms with E-state index in [2.05, 4.69) is 4.90 Å². The quantitative estimate of drug-likeness (QED) is 0.884. The van der Waals surface area contributed by atoms with E-state index in [0.29, 0.717) is 11.6 Å². The van der Waals surface area contributed by atoms with Crippen LogP contribution in [0.1, 0.15) is 41.9 Å². The predicted octanol–water partition coefficient (Wildman–Crippen LogP) is 2.89. The highest BCUT2D eigenvalue weighted by Crippen LogP contribution is 2.27. The average molecular weight is 335 g/mol. The molecule has 0 radical (unpaired) electrons. The zero-order valence-corrected chi connectivity index (χ0v) is 14.1. The van der Waals surface area contributed by atoms with Crippen LogP contribution < -0.4 is 0 Å². The fourth-order valence-corrected chi connectivity index (χ4v) is 3.32. The summed E-state index contributed by atoms with van der Waals surface area (Å²) in [5.41, 5.74) is 2.40. The molecular formula is C18H23ClN2O2. The maximum atomic E-state index is 10.6. The number of hydrogen-bond acceptors (Lipinski definition) is 3. The van der Waals surface area contributed by atoms with Gasteiger partial charge < -0.3 is 19.7 Å². The summed E-state index contributed by atoms with van der Waals surface area (Å²) in [7, 11) is 1.89. The Kier molecular flexibility index (Phi) is 5.07. The molecule has 2 unspecified atom stereocenters. The van der Waals surface area contributed by atoms with Crippen LogP contribution in [0.3, 0.4) is 0 Å². The topological polar surface area (TPSA) is 48.6 Å². The molecule has 1 aliphatic heterocycles. The second kappa shape index (κ2) is 7.05. The van der Waals surface area contributed by atoms with Gasteiger partial charge in [0.2, 0.25) is 0 Å². The number of hydrogen-bond donors (Lipinski definition) is 2. The molecule has 2 atom stereocenters. The minimum Gasteiger partial charge on any atom is -0.387 e. The van der Waals surface area contributed by atoms with Crippen LogP contribution in [0.5, 0.6) is 0 Å². The highest BCUT2D eigenvalue weighted by atomic mass is 35.5. The number of benzene rings is 1. The highest BCUT2D eigenvalue weighted by molar-refractivity contribution is 6.30. The first-order valence-corrected chi connectivity index (χ1v) is 8.42. The van der Waals surface area contributed by atoms with Crippen molar-refractivity contribution in [3.8, 4) is 0 Å². The van der Waals surface area contributed by atoms with E-state index in [4.69, 9.17) is 11.6 Å². The van der Waals surface area contributed by atoms with Crippen LogP contribution in [0.15, 0.2) is 36.5 Å². The molecular weight excluding hydrogens is 312 g/mol. The Morgan fingerprint density at radius 1 is 1.09 bits per heavy atom. The third kappa shape index (κ3) is 3.78. The van der Waals surface area contributed by atoms with Gasteiger partial charge in [-0.1, -0.05) is 23.7 Å². The zero-order valence-electron chi connectivity index (χ0n) is 13.3. The molecule has 23 heavy (non-hydrogen) atoms. The fourth-order valence-electron chi connectivity index (χ4n) is 3.19. The molecule has 2 N–H and O–H groups in total. The van der Waals surface area contributed by atoms with Crippen LogP contribution in [0.2, 0.25) is 5.02 Å². The third-order valence-corrected chi connectivity index (χ3v) is 4.80. The minimum atomic E-state index is -0.731. The molecule has 0 aliphatic carbocycles. The summed E-state index contributed by atoms with van der Waals surface area (Å²) >= 11 is 5.90. The maximum absolute atomic E-state index is 10.6. The van der Waals surface area contributed by atoms with Crippen molar-refractivity contribution in [3.63, 3.8) is 0 Å². The van der Waals surface area contributed by atoms with Crippen LogP contribution in [-0.4, -0.2) is 39.3 Å². The number of halogens is 1. The van der Waals surface area contributed by atoms with Crippen molar-refractivity contribution < 1.29 is 10.2 Å². The first-order valence-electron chi connectivity index (χ1n) is 8.04. The van der Waals surface area contributed by atoms with Crippen molar-refractivity contribution in [2.75, 3.05) is 19.6 Å². The van der Waals surface area contributed by atoms with Gasteiger partial charge in [-0.15, -0.1) is 0 Å². The van der Waals surface area contributed by atoms with Crippen molar-refractivity contribution in [2.24, 2.45) is 7.05 Å². The van der Waals surface area contributed by atoms with Crippen LogP contribution in [0, 0.1) is 0 Å². The summed E-state index contributed by atoms with van der Waals surface area (Å²) < 4.78 is 1.88. The lowest BCUT2D eigenvalue weighted by Gasteiger charge is -2.18. The van der Waals surface area contributed by atoms with E-state index in [0.717, 1.165) is 29.9 Å². The van der Waals surface area contributed by atoms with Crippen LogP contribution in [-0.2, 0) is 7.05 Å². The van der Waals surface area contributed by atoms with Crippen molar-refractivity contribution in [1.82, 2.24) is 9.47 Å². The van der Waals surface area contributed by atoms with Gasteiger partial charge in [0.05, 0.1) is 11.8 Å². The molecule has 2 heterocycles. The van der Waals surface area contributed by atoms with Gasteiger partial charge in [-0.2, -0.15) is 0 Å². The Hall–Kier alpha value is -1.33. The number of rotatable bonds is 5. The second-order valence-corrected chi connectivity index (χ2v) is 6.72. The van der Waals surface area contributed by atoms with E-state index in [-0.39, 0.29) is 0 Å². The third-order valence-electron chi connectivity index (χ3n) is 4.55. The molecule has 1 saturated heterocycles. The Bertz CT molecular complexity index is 648. The van der Waals surface area contributed by atoms with Gasteiger partial charge in [0.25, 0.3) is 0 Å². The van der Waals surface area contributed by atoms with E-state index in [9.17, 15) is 10.2 Å². The molecule has 3 rings (SSSR count). The molecule has 5 heteroatoms. The molecule has 124 valence electrons. The van der Waals surface area contributed by atoms with Gasteiger partial charge in [-0.3, -0.25) is 0 Å². The molecule has 1 aromatic carbocycles. The van der Waals surface area contributed by atoms with E-state index in [1.54, 1.807) is 12.1 Å². The largest absolute Gasteiger partial charge is 0.387 e. The zero-order chi connectivity index (χ0) is 16.4. The van der Waals surface area contributed by atoms with Crippen LogP contribution >= 0.6 is 11.6 Å². The summed E-state index contributed by atoms with van der Waals surface area (Å²) in [5.74, 6) is 0. The van der Waals surface area contributed by atoms with E-state index >= 15 is 0 Å². The fraction of sp³-hybridized carbons (Fsp3) is 0.444. The van der Waals surface area contributed by atoms with Gasteiger partial charge in [0.1, 0.15) is 6.10 Å². The van der Waals surface area contributed by atoms with Crippen LogP contribution in [0.25, 0.3) is 0 Å². The van der Waals surface area contributed by atoms with Crippen molar-refractivity contribution in [2.45, 2.75) is 25.0 Å². The lowest BCUT2D eigenvalue weighted by molar-refractivity contribution is 0.126. The molecule has 0 bridgehead atoms. The number of likely N-dealkylation sites (tertiary alicyclic amines) is 1. The van der Waals surface area contributed by atoms with E-state index < -0.39 is 12.2 Å². The van der Waals surface area contributed by atoms with Crippen molar-refractivity contribution >= 4 is 11.6 Å². The van der Waals surface area contributed by atoms with Gasteiger partial charge in [-0.25, -0.2) is 0 Å². The average Bonchev–Trinajstić information content (AvgIpc) is 3.17. The number of nitrogens with zero attached hydrogens (tertiary/aromatic N) is 2. The molecule has 0 amide bonds. The standard InChI is InChI=1S/C18H23ClN2O2/c1-20-11-14(17(22)12-21-8-2-3-9-21)10-16(20)18(23)13-4-6-15(19)7-5-13/h4-7,10-11,17-18,22-23H,2-3,8-9,12H2,1H3. The molecule has 4 nitrogen and oxygen atoms in total. The first kappa shape index (κ1) is 16.5. The highest BCUT2D eigenvalue weighted by Gasteiger charge is 2.21. The molecule has 2 aromatic rings. The number of aliphatic hydroxyl groups excluding tert-OH is 2. The molecule has 0 saturated carbocycles. The van der Waals surface area contributed by atoms with Gasteiger partial charge in [0, 0.05) is 24.8 Å². The normalized spacial score (nSPS) is 18.3. The lowest BCUT2D eigenvalue weighted by atomic mass is 10.1. The lowest BCUT2D eigenvalue weighted by Crippen LogP contribution is -2.25. The Morgan fingerprint density at radius 3 is 2.39 bits per heavy atom. The summed E-state index contributed by atoms with van der Waals surface area (Å²) in [6, 6.07) is 9.07. The van der Waals surface area contributed by atoms with Crippen molar-refractivity contribution in [1.29, 1.82) is 0 Å². The maximum Gasteiger partial charge on any atom is 0.119 e. The molecule has 1 aromatic heterocycles. The number of aliphatic hydroxyl groups is 2. The number of β-amino-alcohol motifs (C(OH)–C–C–N with tert-alkyl or cyclic N) is 1. The van der Waals surface area contributed by atoms with Gasteiger partial charge in [0.15, 0.2) is 0 Å². The van der Waals surface area contributed by atoms with Crippen molar-refractivity contribution in [3.05, 3.63) is 58.4 Å². The van der Waals surface area contributed by atoms with E-state index in [1.807, 2.05) is 36.0 Å². The Balaban J connectivity index is 1.75. The van der Waals surface area contributed by atoms with Gasteiger partial charge in [-0.05, 0) is 55.3 Å². The predicted molar refractivity (Wildman–Crippen MR) is 91.6 cm³/mol. The monoisotopic (exact) mass is 334 g/mol. The molecule has 0 spiro atoms. The first-order chi connectivity index (χ1) is 11.0. The Labute approximate surface area is 141 Å². The summed E-state index contributed by atoms with van der Waals surface area (Å²) in [6.45, 7) is 2.77. The smallest absolute Gasteiger partial charge is 0.119 e. The minimum absolute atomic E-state index is 0.523. The van der Waals surface area contributed by atoms with Crippen LogP contribution in [0.4, 0.5) is 0 Å². The SMILES string of the molecule is Cn1cc(C(O)CN2CCCC2)cc1C(O)c1ccc(Cl)cc1. The summed E-state index contributed by atoms with van der Waals surface area (Å²) in [4.78, 5) is 2.28. The second-order valence-electron chi connectivity index (χ2n) is 6.29. The van der Waals surface area contributed by atoms with E-state index in [1.165, 1.54) is 12.8 Å². The number of aromatic nitrogens is 1. The number of aryl methyl sites for hydroxylation is 1. The van der Waals surface area contributed by atoms with Gasteiger partial charge >= 0.3 is 0 Å². The summed E-state index contributed by atoms with van der Waals surface area (Å²) in [6.07, 6.45) is 3.06. The Morgan fingerprint density at radius 2 is 1.74 bits per heavy atom.